The van der Waals surface area contributed by atoms with E-state index in [4.69, 9.17) is 13.9 Å². The molecule has 0 unspecified atom stereocenters. The van der Waals surface area contributed by atoms with E-state index in [1.54, 1.807) is 0 Å². The summed E-state index contributed by atoms with van der Waals surface area (Å²) in [4.78, 5) is 0. The Morgan fingerprint density at radius 2 is 1.70 bits per heavy atom. The SMILES string of the molecule is c1ccc2c(c1)OC[C@H](c1nnc(SCc3cccc4ccccc34)o1)O2. The van der Waals surface area contributed by atoms with Gasteiger partial charge in [0.15, 0.2) is 11.5 Å². The van der Waals surface area contributed by atoms with Crippen molar-refractivity contribution in [2.45, 2.75) is 17.1 Å². The van der Waals surface area contributed by atoms with E-state index in [9.17, 15) is 0 Å². The summed E-state index contributed by atoms with van der Waals surface area (Å²) >= 11 is 1.52. The normalized spacial score (nSPS) is 15.8. The van der Waals surface area contributed by atoms with Gasteiger partial charge in [-0.15, -0.1) is 10.2 Å². The van der Waals surface area contributed by atoms with E-state index in [1.165, 1.54) is 28.1 Å². The minimum Gasteiger partial charge on any atom is -0.485 e. The first-order valence-electron chi connectivity index (χ1n) is 8.68. The van der Waals surface area contributed by atoms with Gasteiger partial charge < -0.3 is 13.9 Å². The average molecular weight is 376 g/mol. The lowest BCUT2D eigenvalue weighted by molar-refractivity contribution is 0.0686. The van der Waals surface area contributed by atoms with Gasteiger partial charge in [0.05, 0.1) is 0 Å². The summed E-state index contributed by atoms with van der Waals surface area (Å²) in [5.41, 5.74) is 1.24. The Morgan fingerprint density at radius 1 is 0.889 bits per heavy atom. The van der Waals surface area contributed by atoms with E-state index < -0.39 is 0 Å². The predicted octanol–water partition coefficient (Wildman–Crippen LogP) is 5.03. The van der Waals surface area contributed by atoms with Crippen LogP contribution in [-0.2, 0) is 5.75 Å². The van der Waals surface area contributed by atoms with Gasteiger partial charge in [-0.1, -0.05) is 66.4 Å². The molecule has 134 valence electrons. The van der Waals surface area contributed by atoms with Gasteiger partial charge >= 0.3 is 0 Å². The third-order valence-electron chi connectivity index (χ3n) is 4.44. The summed E-state index contributed by atoms with van der Waals surface area (Å²) in [5.74, 6) is 2.62. The zero-order valence-electron chi connectivity index (χ0n) is 14.4. The highest BCUT2D eigenvalue weighted by Crippen LogP contribution is 2.36. The van der Waals surface area contributed by atoms with Crippen molar-refractivity contribution in [2.75, 3.05) is 6.61 Å². The van der Waals surface area contributed by atoms with Crippen LogP contribution < -0.4 is 9.47 Å². The molecule has 0 saturated heterocycles. The van der Waals surface area contributed by atoms with Gasteiger partial charge in [0, 0.05) is 5.75 Å². The molecule has 1 aliphatic heterocycles. The summed E-state index contributed by atoms with van der Waals surface area (Å²) in [5, 5.41) is 11.3. The Labute approximate surface area is 160 Å². The third kappa shape index (κ3) is 3.24. The molecule has 0 fully saturated rings. The van der Waals surface area contributed by atoms with Gasteiger partial charge in [0.2, 0.25) is 6.10 Å². The molecule has 4 aromatic rings. The number of ether oxygens (including phenoxy) is 2. The summed E-state index contributed by atoms with van der Waals surface area (Å²) in [7, 11) is 0. The first-order chi connectivity index (χ1) is 13.4. The van der Waals surface area contributed by atoms with Crippen LogP contribution >= 0.6 is 11.8 Å². The van der Waals surface area contributed by atoms with Crippen molar-refractivity contribution in [2.24, 2.45) is 0 Å². The first kappa shape index (κ1) is 16.2. The molecule has 3 aromatic carbocycles. The Hall–Kier alpha value is -2.99. The van der Waals surface area contributed by atoms with E-state index in [-0.39, 0.29) is 6.10 Å². The number of hydrogen-bond donors (Lipinski definition) is 0. The average Bonchev–Trinajstić information content (AvgIpc) is 3.21. The third-order valence-corrected chi connectivity index (χ3v) is 5.30. The number of thioether (sulfide) groups is 1. The monoisotopic (exact) mass is 376 g/mol. The molecule has 27 heavy (non-hydrogen) atoms. The molecular formula is C21H16N2O3S. The van der Waals surface area contributed by atoms with Gasteiger partial charge in [-0.3, -0.25) is 0 Å². The van der Waals surface area contributed by atoms with Crippen molar-refractivity contribution in [3.63, 3.8) is 0 Å². The molecule has 0 aliphatic carbocycles. The Morgan fingerprint density at radius 3 is 2.67 bits per heavy atom. The topological polar surface area (TPSA) is 57.4 Å². The van der Waals surface area contributed by atoms with Crippen molar-refractivity contribution in [3.8, 4) is 11.5 Å². The second-order valence-corrected chi connectivity index (χ2v) is 7.12. The maximum Gasteiger partial charge on any atom is 0.277 e. The molecule has 0 spiro atoms. The molecule has 0 N–H and O–H groups in total. The summed E-state index contributed by atoms with van der Waals surface area (Å²) in [6.45, 7) is 0.354. The lowest BCUT2D eigenvalue weighted by atomic mass is 10.1. The second-order valence-electron chi connectivity index (χ2n) is 6.20. The zero-order valence-corrected chi connectivity index (χ0v) is 15.2. The van der Waals surface area contributed by atoms with Crippen LogP contribution in [0.4, 0.5) is 0 Å². The van der Waals surface area contributed by atoms with Crippen molar-refractivity contribution in [1.29, 1.82) is 0 Å². The molecule has 5 rings (SSSR count). The second kappa shape index (κ2) is 6.96. The van der Waals surface area contributed by atoms with Crippen LogP contribution in [0.1, 0.15) is 17.6 Å². The molecule has 1 aromatic heterocycles. The van der Waals surface area contributed by atoms with Crippen LogP contribution in [0.15, 0.2) is 76.4 Å². The van der Waals surface area contributed by atoms with Crippen LogP contribution in [0, 0.1) is 0 Å². The van der Waals surface area contributed by atoms with Crippen molar-refractivity contribution in [1.82, 2.24) is 10.2 Å². The molecule has 0 bridgehead atoms. The first-order valence-corrected chi connectivity index (χ1v) is 9.67. The molecule has 6 heteroatoms. The van der Waals surface area contributed by atoms with Crippen LogP contribution in [0.3, 0.4) is 0 Å². The fraction of sp³-hybridized carbons (Fsp3) is 0.143. The number of aromatic nitrogens is 2. The Balaban J connectivity index is 1.30. The highest BCUT2D eigenvalue weighted by atomic mass is 32.2. The fourth-order valence-electron chi connectivity index (χ4n) is 3.11. The maximum absolute atomic E-state index is 5.92. The molecule has 0 amide bonds. The molecule has 1 aliphatic rings. The fourth-order valence-corrected chi connectivity index (χ4v) is 3.88. The minimum absolute atomic E-state index is 0.354. The van der Waals surface area contributed by atoms with Gasteiger partial charge in [0.25, 0.3) is 11.1 Å². The Kier molecular flexibility index (Phi) is 4.18. The lowest BCUT2D eigenvalue weighted by Crippen LogP contribution is -2.21. The summed E-state index contributed by atoms with van der Waals surface area (Å²) in [6, 6.07) is 22.2. The number of benzene rings is 3. The molecular weight excluding hydrogens is 360 g/mol. The lowest BCUT2D eigenvalue weighted by Gasteiger charge is -2.23. The highest BCUT2D eigenvalue weighted by molar-refractivity contribution is 7.98. The zero-order chi connectivity index (χ0) is 18.1. The number of rotatable bonds is 4. The number of para-hydroxylation sites is 2. The molecule has 1 atom stereocenters. The summed E-state index contributed by atoms with van der Waals surface area (Å²) in [6.07, 6.45) is -0.390. The Bertz CT molecular complexity index is 1090. The maximum atomic E-state index is 5.92. The largest absolute Gasteiger partial charge is 0.485 e. The van der Waals surface area contributed by atoms with E-state index in [2.05, 4.69) is 46.6 Å². The van der Waals surface area contributed by atoms with E-state index >= 15 is 0 Å². The van der Waals surface area contributed by atoms with Crippen molar-refractivity contribution in [3.05, 3.63) is 78.2 Å². The van der Waals surface area contributed by atoms with Crippen molar-refractivity contribution >= 4 is 22.5 Å². The van der Waals surface area contributed by atoms with Crippen LogP contribution in [-0.4, -0.2) is 16.8 Å². The van der Waals surface area contributed by atoms with Gasteiger partial charge in [0.1, 0.15) is 6.61 Å². The van der Waals surface area contributed by atoms with Gasteiger partial charge in [-0.2, -0.15) is 0 Å². The van der Waals surface area contributed by atoms with E-state index in [1.807, 2.05) is 30.3 Å². The van der Waals surface area contributed by atoms with Crippen LogP contribution in [0.25, 0.3) is 10.8 Å². The molecule has 5 nitrogen and oxygen atoms in total. The summed E-state index contributed by atoms with van der Waals surface area (Å²) < 4.78 is 17.4. The molecule has 2 heterocycles. The number of hydrogen-bond acceptors (Lipinski definition) is 6. The highest BCUT2D eigenvalue weighted by Gasteiger charge is 2.27. The number of fused-ring (bicyclic) bond motifs is 2. The van der Waals surface area contributed by atoms with E-state index in [0.29, 0.717) is 23.5 Å². The smallest absolute Gasteiger partial charge is 0.277 e. The quantitative estimate of drug-likeness (QED) is 0.466. The molecule has 0 radical (unpaired) electrons. The standard InChI is InChI=1S/C21H16N2O3S/c1-2-9-16-14(6-1)7-5-8-15(16)13-27-21-23-22-20(26-21)19-12-24-17-10-3-4-11-18(17)25-19/h1-11,19H,12-13H2/t19-/m1/s1. The van der Waals surface area contributed by atoms with Crippen LogP contribution in [0.5, 0.6) is 11.5 Å². The number of nitrogens with zero attached hydrogens (tertiary/aromatic N) is 2. The molecule has 0 saturated carbocycles. The van der Waals surface area contributed by atoms with Gasteiger partial charge in [-0.05, 0) is 28.5 Å². The van der Waals surface area contributed by atoms with Crippen molar-refractivity contribution < 1.29 is 13.9 Å². The van der Waals surface area contributed by atoms with Gasteiger partial charge in [-0.25, -0.2) is 0 Å². The van der Waals surface area contributed by atoms with Crippen LogP contribution in [0.2, 0.25) is 0 Å². The predicted molar refractivity (Wildman–Crippen MR) is 103 cm³/mol. The van der Waals surface area contributed by atoms with E-state index in [0.717, 1.165) is 11.5 Å². The minimum atomic E-state index is -0.390.